The number of carbonyl (C=O) groups excluding carboxylic acids is 1. The zero-order valence-electron chi connectivity index (χ0n) is 11.2. The highest BCUT2D eigenvalue weighted by atomic mass is 79.9. The third-order valence-corrected chi connectivity index (χ3v) is 4.19. The fourth-order valence-corrected chi connectivity index (χ4v) is 2.91. The van der Waals surface area contributed by atoms with E-state index in [1.807, 2.05) is 18.2 Å². The number of hydrogen-bond donors (Lipinski definition) is 0. The predicted octanol–water partition coefficient (Wildman–Crippen LogP) is 4.43. The van der Waals surface area contributed by atoms with Gasteiger partial charge in [-0.2, -0.15) is 0 Å². The standard InChI is InChI=1S/C17H16BrNO/c18-14-9-7-13(8-10-14)12-19-11-3-6-17(20)15-4-1-2-5-16(15)19/h1-2,4-5,7-10H,3,6,11-12H2. The molecule has 2 nitrogen and oxygen atoms in total. The molecule has 0 atom stereocenters. The normalized spacial score (nSPS) is 14.8. The smallest absolute Gasteiger partial charge is 0.165 e. The van der Waals surface area contributed by atoms with Crippen LogP contribution < -0.4 is 4.90 Å². The lowest BCUT2D eigenvalue weighted by Gasteiger charge is -2.24. The second kappa shape index (κ2) is 5.80. The molecule has 2 aromatic carbocycles. The summed E-state index contributed by atoms with van der Waals surface area (Å²) in [6.07, 6.45) is 1.57. The van der Waals surface area contributed by atoms with Crippen LogP contribution in [0.25, 0.3) is 0 Å². The summed E-state index contributed by atoms with van der Waals surface area (Å²) in [5.74, 6) is 0.263. The number of benzene rings is 2. The first-order valence-electron chi connectivity index (χ1n) is 6.85. The van der Waals surface area contributed by atoms with Crippen LogP contribution in [0.2, 0.25) is 0 Å². The first-order chi connectivity index (χ1) is 9.74. The molecule has 3 heteroatoms. The highest BCUT2D eigenvalue weighted by Gasteiger charge is 2.20. The van der Waals surface area contributed by atoms with Gasteiger partial charge in [-0.15, -0.1) is 0 Å². The Balaban J connectivity index is 1.91. The van der Waals surface area contributed by atoms with E-state index in [4.69, 9.17) is 0 Å². The third kappa shape index (κ3) is 2.78. The zero-order valence-corrected chi connectivity index (χ0v) is 12.8. The molecule has 0 N–H and O–H groups in total. The largest absolute Gasteiger partial charge is 0.367 e. The number of halogens is 1. The molecule has 0 spiro atoms. The van der Waals surface area contributed by atoms with Gasteiger partial charge in [-0.3, -0.25) is 4.79 Å². The number of ketones is 1. The van der Waals surface area contributed by atoms with Crippen LogP contribution in [-0.2, 0) is 6.54 Å². The summed E-state index contributed by atoms with van der Waals surface area (Å²) < 4.78 is 1.09. The molecule has 0 aliphatic carbocycles. The molecule has 1 heterocycles. The van der Waals surface area contributed by atoms with Gasteiger partial charge in [0, 0.05) is 35.2 Å². The zero-order chi connectivity index (χ0) is 13.9. The average Bonchev–Trinajstić information content (AvgIpc) is 2.62. The Kier molecular flexibility index (Phi) is 3.88. The van der Waals surface area contributed by atoms with Gasteiger partial charge in [0.1, 0.15) is 0 Å². The van der Waals surface area contributed by atoms with Crippen molar-refractivity contribution in [2.75, 3.05) is 11.4 Å². The summed E-state index contributed by atoms with van der Waals surface area (Å²) in [4.78, 5) is 14.4. The number of anilines is 1. The molecule has 0 fully saturated rings. The topological polar surface area (TPSA) is 20.3 Å². The van der Waals surface area contributed by atoms with Gasteiger partial charge in [-0.25, -0.2) is 0 Å². The number of para-hydroxylation sites is 1. The Bertz CT molecular complexity index is 621. The van der Waals surface area contributed by atoms with E-state index >= 15 is 0 Å². The van der Waals surface area contributed by atoms with Crippen LogP contribution in [0.4, 0.5) is 5.69 Å². The van der Waals surface area contributed by atoms with Crippen molar-refractivity contribution in [2.24, 2.45) is 0 Å². The van der Waals surface area contributed by atoms with E-state index < -0.39 is 0 Å². The fraction of sp³-hybridized carbons (Fsp3) is 0.235. The highest BCUT2D eigenvalue weighted by Crippen LogP contribution is 2.27. The molecule has 102 valence electrons. The van der Waals surface area contributed by atoms with Crippen LogP contribution in [0.3, 0.4) is 0 Å². The predicted molar refractivity (Wildman–Crippen MR) is 85.2 cm³/mol. The van der Waals surface area contributed by atoms with Crippen molar-refractivity contribution in [1.82, 2.24) is 0 Å². The first-order valence-corrected chi connectivity index (χ1v) is 7.65. The monoisotopic (exact) mass is 329 g/mol. The van der Waals surface area contributed by atoms with Crippen molar-refractivity contribution < 1.29 is 4.79 Å². The van der Waals surface area contributed by atoms with Crippen LogP contribution in [0, 0.1) is 0 Å². The van der Waals surface area contributed by atoms with Gasteiger partial charge in [-0.05, 0) is 36.2 Å². The van der Waals surface area contributed by atoms with E-state index in [9.17, 15) is 4.79 Å². The summed E-state index contributed by atoms with van der Waals surface area (Å²) in [5, 5.41) is 0. The van der Waals surface area contributed by atoms with Crippen molar-refractivity contribution in [2.45, 2.75) is 19.4 Å². The Morgan fingerprint density at radius 1 is 1.05 bits per heavy atom. The molecule has 1 aliphatic heterocycles. The minimum Gasteiger partial charge on any atom is -0.367 e. The van der Waals surface area contributed by atoms with Crippen molar-refractivity contribution in [3.05, 3.63) is 64.1 Å². The molecule has 0 saturated carbocycles. The molecular formula is C17H16BrNO. The number of Topliss-reactive ketones (excluding diaryl/α,β-unsaturated/α-hetero) is 1. The van der Waals surface area contributed by atoms with Gasteiger partial charge in [0.2, 0.25) is 0 Å². The first kappa shape index (κ1) is 13.4. The van der Waals surface area contributed by atoms with E-state index in [1.54, 1.807) is 0 Å². The van der Waals surface area contributed by atoms with Crippen LogP contribution in [0.15, 0.2) is 53.0 Å². The van der Waals surface area contributed by atoms with Crippen molar-refractivity contribution >= 4 is 27.4 Å². The second-order valence-corrected chi connectivity index (χ2v) is 6.01. The molecule has 0 aromatic heterocycles. The Morgan fingerprint density at radius 2 is 1.80 bits per heavy atom. The lowest BCUT2D eigenvalue weighted by molar-refractivity contribution is 0.0984. The van der Waals surface area contributed by atoms with Crippen LogP contribution in [-0.4, -0.2) is 12.3 Å². The maximum absolute atomic E-state index is 12.1. The Hall–Kier alpha value is -1.61. The molecule has 0 unspecified atom stereocenters. The molecule has 1 aliphatic rings. The lowest BCUT2D eigenvalue weighted by atomic mass is 10.1. The average molecular weight is 330 g/mol. The summed E-state index contributed by atoms with van der Waals surface area (Å²) in [7, 11) is 0. The van der Waals surface area contributed by atoms with Gasteiger partial charge in [-0.1, -0.05) is 40.2 Å². The lowest BCUT2D eigenvalue weighted by Crippen LogP contribution is -2.23. The third-order valence-electron chi connectivity index (χ3n) is 3.66. The summed E-state index contributed by atoms with van der Waals surface area (Å²) in [5.41, 5.74) is 3.19. The van der Waals surface area contributed by atoms with Crippen LogP contribution >= 0.6 is 15.9 Å². The molecule has 0 bridgehead atoms. The molecule has 20 heavy (non-hydrogen) atoms. The van der Waals surface area contributed by atoms with Gasteiger partial charge in [0.25, 0.3) is 0 Å². The number of fused-ring (bicyclic) bond motifs is 1. The van der Waals surface area contributed by atoms with E-state index in [0.29, 0.717) is 6.42 Å². The number of carbonyl (C=O) groups is 1. The number of rotatable bonds is 2. The minimum atomic E-state index is 0.263. The van der Waals surface area contributed by atoms with Gasteiger partial charge in [0.15, 0.2) is 5.78 Å². The molecular weight excluding hydrogens is 314 g/mol. The van der Waals surface area contributed by atoms with Crippen molar-refractivity contribution in [3.63, 3.8) is 0 Å². The van der Waals surface area contributed by atoms with Gasteiger partial charge in [0.05, 0.1) is 0 Å². The molecule has 2 aromatic rings. The van der Waals surface area contributed by atoms with Crippen LogP contribution in [0.1, 0.15) is 28.8 Å². The van der Waals surface area contributed by atoms with Crippen molar-refractivity contribution in [1.29, 1.82) is 0 Å². The second-order valence-electron chi connectivity index (χ2n) is 5.09. The molecule has 0 amide bonds. The fourth-order valence-electron chi connectivity index (χ4n) is 2.65. The van der Waals surface area contributed by atoms with Gasteiger partial charge < -0.3 is 4.90 Å². The van der Waals surface area contributed by atoms with E-state index in [1.165, 1.54) is 5.56 Å². The quantitative estimate of drug-likeness (QED) is 0.812. The molecule has 0 radical (unpaired) electrons. The van der Waals surface area contributed by atoms with Gasteiger partial charge >= 0.3 is 0 Å². The van der Waals surface area contributed by atoms with E-state index in [0.717, 1.165) is 35.2 Å². The van der Waals surface area contributed by atoms with E-state index in [-0.39, 0.29) is 5.78 Å². The number of nitrogens with zero attached hydrogens (tertiary/aromatic N) is 1. The minimum absolute atomic E-state index is 0.263. The number of hydrogen-bond acceptors (Lipinski definition) is 2. The summed E-state index contributed by atoms with van der Waals surface area (Å²) >= 11 is 3.46. The maximum atomic E-state index is 12.1. The highest BCUT2D eigenvalue weighted by molar-refractivity contribution is 9.10. The van der Waals surface area contributed by atoms with E-state index in [2.05, 4.69) is 51.2 Å². The van der Waals surface area contributed by atoms with Crippen LogP contribution in [0.5, 0.6) is 0 Å². The summed E-state index contributed by atoms with van der Waals surface area (Å²) in [6.45, 7) is 1.77. The summed E-state index contributed by atoms with van der Waals surface area (Å²) in [6, 6.07) is 16.3. The maximum Gasteiger partial charge on any atom is 0.165 e. The Labute approximate surface area is 127 Å². The Morgan fingerprint density at radius 3 is 2.60 bits per heavy atom. The molecule has 0 saturated heterocycles. The SMILES string of the molecule is O=C1CCCN(Cc2ccc(Br)cc2)c2ccccc21. The molecule has 3 rings (SSSR count). The van der Waals surface area contributed by atoms with Crippen molar-refractivity contribution in [3.8, 4) is 0 Å².